The van der Waals surface area contributed by atoms with Crippen LogP contribution in [0.1, 0.15) is 30.6 Å². The van der Waals surface area contributed by atoms with E-state index in [-0.39, 0.29) is 0 Å². The van der Waals surface area contributed by atoms with Crippen LogP contribution in [0.2, 0.25) is 0 Å². The van der Waals surface area contributed by atoms with Crippen LogP contribution in [0.5, 0.6) is 0 Å². The lowest BCUT2D eigenvalue weighted by Gasteiger charge is -2.17. The van der Waals surface area contributed by atoms with Crippen LogP contribution in [-0.4, -0.2) is 9.97 Å². The van der Waals surface area contributed by atoms with Crippen molar-refractivity contribution in [3.05, 3.63) is 138 Å². The molecule has 2 aliphatic rings. The monoisotopic (exact) mass is 552 g/mol. The molecule has 204 valence electrons. The van der Waals surface area contributed by atoms with E-state index in [0.717, 1.165) is 81.2 Å². The minimum atomic E-state index is 0.873. The van der Waals surface area contributed by atoms with Crippen LogP contribution >= 0.6 is 0 Å². The molecule has 0 aliphatic heterocycles. The third-order valence-corrected chi connectivity index (χ3v) is 9.11. The molecule has 2 aliphatic carbocycles. The fourth-order valence-electron chi connectivity index (χ4n) is 7.01. The van der Waals surface area contributed by atoms with E-state index in [2.05, 4.69) is 115 Å². The normalized spacial score (nSPS) is 14.8. The number of hydrogen-bond acceptors (Lipinski definition) is 3. The van der Waals surface area contributed by atoms with E-state index in [9.17, 15) is 0 Å². The number of rotatable bonds is 3. The summed E-state index contributed by atoms with van der Waals surface area (Å²) in [6, 6.07) is 32.1. The number of furan rings is 1. The van der Waals surface area contributed by atoms with Crippen LogP contribution in [0.3, 0.4) is 0 Å². The van der Waals surface area contributed by atoms with Gasteiger partial charge in [0.1, 0.15) is 11.3 Å². The van der Waals surface area contributed by atoms with Gasteiger partial charge in [0.2, 0.25) is 0 Å². The highest BCUT2D eigenvalue weighted by Crippen LogP contribution is 2.40. The summed E-state index contributed by atoms with van der Waals surface area (Å²) in [5.74, 6) is 1.09. The zero-order valence-electron chi connectivity index (χ0n) is 23.7. The Hall–Kier alpha value is -5.28. The summed E-state index contributed by atoms with van der Waals surface area (Å²) in [4.78, 5) is 10.3. The molecule has 0 radical (unpaired) electrons. The first-order valence-corrected chi connectivity index (χ1v) is 15.1. The van der Waals surface area contributed by atoms with E-state index in [1.54, 1.807) is 0 Å². The Morgan fingerprint density at radius 2 is 1.37 bits per heavy atom. The standard InChI is InChI=1S/C40H28N2O/c1-2-10-25(11-3-1)26-18-20-37-34(22-26)35-23-27(19-21-38(35)43-37)28-12-4-7-15-31(28)36-24-41-39-32-16-8-5-13-29(32)30-14-6-9-17-33(30)40(39)42-36/h1-2,4-10,12-17,19,21-24H,3,11,18,20H2. The zero-order valence-corrected chi connectivity index (χ0v) is 23.7. The van der Waals surface area contributed by atoms with Crippen molar-refractivity contribution in [2.24, 2.45) is 0 Å². The molecule has 0 N–H and O–H groups in total. The van der Waals surface area contributed by atoms with Crippen molar-refractivity contribution < 1.29 is 4.42 Å². The van der Waals surface area contributed by atoms with Crippen LogP contribution in [0.25, 0.3) is 72.0 Å². The molecular weight excluding hydrogens is 524 g/mol. The molecule has 0 saturated heterocycles. The number of benzene rings is 5. The van der Waals surface area contributed by atoms with Gasteiger partial charge in [-0.25, -0.2) is 4.98 Å². The number of aryl methyl sites for hydroxylation is 1. The minimum absolute atomic E-state index is 0.873. The SMILES string of the molecule is C1=CCCC(C2=Cc3c(oc4ccc(-c5ccccc5-c5cnc6c7ccccc7c7ccccc7c6n5)cc34)CC2)=C1. The van der Waals surface area contributed by atoms with Crippen molar-refractivity contribution in [2.75, 3.05) is 0 Å². The molecule has 9 rings (SSSR count). The molecule has 2 heterocycles. The molecule has 43 heavy (non-hydrogen) atoms. The molecular formula is C40H28N2O. The maximum Gasteiger partial charge on any atom is 0.134 e. The second kappa shape index (κ2) is 9.64. The van der Waals surface area contributed by atoms with Gasteiger partial charge >= 0.3 is 0 Å². The summed E-state index contributed by atoms with van der Waals surface area (Å²) >= 11 is 0. The maximum absolute atomic E-state index is 6.36. The van der Waals surface area contributed by atoms with Crippen molar-refractivity contribution in [1.82, 2.24) is 9.97 Å². The third kappa shape index (κ3) is 3.89. The fraction of sp³-hybridized carbons (Fsp3) is 0.100. The number of allylic oxidation sites excluding steroid dienone is 5. The average molecular weight is 553 g/mol. The first-order valence-electron chi connectivity index (χ1n) is 15.1. The van der Waals surface area contributed by atoms with Crippen LogP contribution in [-0.2, 0) is 6.42 Å². The minimum Gasteiger partial charge on any atom is -0.460 e. The van der Waals surface area contributed by atoms with Crippen molar-refractivity contribution in [1.29, 1.82) is 0 Å². The van der Waals surface area contributed by atoms with Gasteiger partial charge in [0.15, 0.2) is 0 Å². The van der Waals surface area contributed by atoms with Gasteiger partial charge in [-0.15, -0.1) is 0 Å². The largest absolute Gasteiger partial charge is 0.460 e. The Bertz CT molecular complexity index is 2320. The Balaban J connectivity index is 1.21. The molecule has 0 amide bonds. The molecule has 5 aromatic carbocycles. The quantitative estimate of drug-likeness (QED) is 0.205. The predicted molar refractivity (Wildman–Crippen MR) is 178 cm³/mol. The molecule has 0 spiro atoms. The summed E-state index contributed by atoms with van der Waals surface area (Å²) in [7, 11) is 0. The van der Waals surface area contributed by atoms with Crippen LogP contribution in [0.15, 0.2) is 131 Å². The molecule has 0 saturated carbocycles. The highest BCUT2D eigenvalue weighted by molar-refractivity contribution is 6.23. The molecule has 2 aromatic heterocycles. The molecule has 0 bridgehead atoms. The Morgan fingerprint density at radius 1 is 0.628 bits per heavy atom. The number of hydrogen-bond donors (Lipinski definition) is 0. The Labute approximate surface area is 249 Å². The van der Waals surface area contributed by atoms with Gasteiger partial charge < -0.3 is 4.42 Å². The van der Waals surface area contributed by atoms with Crippen molar-refractivity contribution in [3.63, 3.8) is 0 Å². The molecule has 0 atom stereocenters. The second-order valence-corrected chi connectivity index (χ2v) is 11.6. The van der Waals surface area contributed by atoms with E-state index in [1.165, 1.54) is 32.9 Å². The summed E-state index contributed by atoms with van der Waals surface area (Å²) < 4.78 is 6.36. The van der Waals surface area contributed by atoms with E-state index in [0.29, 0.717) is 0 Å². The number of fused-ring (bicyclic) bond motifs is 9. The fourth-order valence-corrected chi connectivity index (χ4v) is 7.01. The summed E-state index contributed by atoms with van der Waals surface area (Å²) in [5, 5.41) is 5.84. The van der Waals surface area contributed by atoms with E-state index in [1.807, 2.05) is 6.20 Å². The summed E-state index contributed by atoms with van der Waals surface area (Å²) in [6.45, 7) is 0. The van der Waals surface area contributed by atoms with Crippen LogP contribution in [0, 0.1) is 0 Å². The maximum atomic E-state index is 6.36. The first-order chi connectivity index (χ1) is 21.3. The third-order valence-electron chi connectivity index (χ3n) is 9.11. The lowest BCUT2D eigenvalue weighted by atomic mass is 9.87. The Kier molecular flexibility index (Phi) is 5.45. The lowest BCUT2D eigenvalue weighted by Crippen LogP contribution is -2.00. The second-order valence-electron chi connectivity index (χ2n) is 11.6. The van der Waals surface area contributed by atoms with Crippen LogP contribution in [0.4, 0.5) is 0 Å². The molecule has 7 aromatic rings. The number of aromatic nitrogens is 2. The van der Waals surface area contributed by atoms with Gasteiger partial charge in [-0.2, -0.15) is 0 Å². The van der Waals surface area contributed by atoms with Gasteiger partial charge in [0.25, 0.3) is 0 Å². The van der Waals surface area contributed by atoms with Gasteiger partial charge in [-0.3, -0.25) is 4.98 Å². The molecule has 0 fully saturated rings. The zero-order chi connectivity index (χ0) is 28.3. The Morgan fingerprint density at radius 3 is 2.16 bits per heavy atom. The van der Waals surface area contributed by atoms with Crippen molar-refractivity contribution >= 4 is 49.6 Å². The van der Waals surface area contributed by atoms with Gasteiger partial charge in [0.05, 0.1) is 22.9 Å². The molecule has 3 nitrogen and oxygen atoms in total. The van der Waals surface area contributed by atoms with Gasteiger partial charge in [-0.05, 0) is 70.5 Å². The van der Waals surface area contributed by atoms with E-state index < -0.39 is 0 Å². The molecule has 3 heteroatoms. The van der Waals surface area contributed by atoms with Gasteiger partial charge in [-0.1, -0.05) is 97.1 Å². The highest BCUT2D eigenvalue weighted by Gasteiger charge is 2.21. The molecule has 0 unspecified atom stereocenters. The first kappa shape index (κ1) is 24.3. The van der Waals surface area contributed by atoms with Crippen molar-refractivity contribution in [3.8, 4) is 22.4 Å². The summed E-state index contributed by atoms with van der Waals surface area (Å²) in [6.07, 6.45) is 15.2. The number of nitrogens with zero attached hydrogens (tertiary/aromatic N) is 2. The summed E-state index contributed by atoms with van der Waals surface area (Å²) in [5.41, 5.74) is 11.2. The van der Waals surface area contributed by atoms with Gasteiger partial charge in [0, 0.05) is 33.7 Å². The highest BCUT2D eigenvalue weighted by atomic mass is 16.3. The topological polar surface area (TPSA) is 38.9 Å². The lowest BCUT2D eigenvalue weighted by molar-refractivity contribution is 0.543. The van der Waals surface area contributed by atoms with Crippen molar-refractivity contribution in [2.45, 2.75) is 25.7 Å². The average Bonchev–Trinajstić information content (AvgIpc) is 3.46. The van der Waals surface area contributed by atoms with E-state index >= 15 is 0 Å². The smallest absolute Gasteiger partial charge is 0.134 e. The van der Waals surface area contributed by atoms with E-state index in [4.69, 9.17) is 14.4 Å². The van der Waals surface area contributed by atoms with Crippen LogP contribution < -0.4 is 0 Å². The predicted octanol–water partition coefficient (Wildman–Crippen LogP) is 10.6.